The first-order valence-electron chi connectivity index (χ1n) is 7.29. The zero-order valence-electron chi connectivity index (χ0n) is 11.2. The van der Waals surface area contributed by atoms with Crippen molar-refractivity contribution in [3.05, 3.63) is 53.3 Å². The molecular weight excluding hydrogens is 268 g/mol. The lowest BCUT2D eigenvalue weighted by Crippen LogP contribution is -2.22. The molecule has 2 fully saturated rings. The molecule has 2 aromatic rings. The Labute approximate surface area is 124 Å². The molecule has 3 unspecified atom stereocenters. The second kappa shape index (κ2) is 4.87. The second-order valence-corrected chi connectivity index (χ2v) is 6.18. The summed E-state index contributed by atoms with van der Waals surface area (Å²) < 4.78 is 0. The van der Waals surface area contributed by atoms with E-state index in [9.17, 15) is 0 Å². The molecule has 0 saturated carbocycles. The van der Waals surface area contributed by atoms with Gasteiger partial charge in [-0.05, 0) is 36.5 Å². The number of rotatable bonds is 2. The van der Waals surface area contributed by atoms with Crippen LogP contribution in [-0.2, 0) is 0 Å². The molecule has 1 aromatic heterocycles. The number of hydrogen-bond donors (Lipinski definition) is 1. The van der Waals surface area contributed by atoms with E-state index in [4.69, 9.17) is 11.6 Å². The fourth-order valence-corrected chi connectivity index (χ4v) is 4.09. The number of pyridine rings is 1. The summed E-state index contributed by atoms with van der Waals surface area (Å²) in [4.78, 5) is 4.29. The Hall–Kier alpha value is -1.38. The van der Waals surface area contributed by atoms with Crippen molar-refractivity contribution in [3.63, 3.8) is 0 Å². The maximum absolute atomic E-state index is 6.41. The number of nitrogens with zero attached hydrogens (tertiary/aromatic N) is 1. The first-order chi connectivity index (χ1) is 9.83. The van der Waals surface area contributed by atoms with Gasteiger partial charge in [-0.1, -0.05) is 41.9 Å². The third-order valence-electron chi connectivity index (χ3n) is 4.70. The van der Waals surface area contributed by atoms with Crippen molar-refractivity contribution in [2.45, 2.75) is 37.3 Å². The molecule has 1 aromatic carbocycles. The molecule has 0 spiro atoms. The Morgan fingerprint density at radius 3 is 2.65 bits per heavy atom. The summed E-state index contributed by atoms with van der Waals surface area (Å²) in [6.45, 7) is 0. The molecule has 4 rings (SSSR count). The zero-order valence-corrected chi connectivity index (χ0v) is 12.0. The number of aromatic nitrogens is 1. The molecule has 2 aliphatic heterocycles. The molecular formula is C17H17ClN2. The van der Waals surface area contributed by atoms with Gasteiger partial charge in [0.15, 0.2) is 0 Å². The van der Waals surface area contributed by atoms with E-state index in [0.717, 1.165) is 5.56 Å². The molecule has 1 N–H and O–H groups in total. The smallest absolute Gasteiger partial charge is 0.137 e. The molecule has 0 aliphatic carbocycles. The van der Waals surface area contributed by atoms with Crippen molar-refractivity contribution in [1.82, 2.24) is 10.3 Å². The van der Waals surface area contributed by atoms with Gasteiger partial charge >= 0.3 is 0 Å². The maximum atomic E-state index is 6.41. The lowest BCUT2D eigenvalue weighted by Gasteiger charge is -2.23. The van der Waals surface area contributed by atoms with Gasteiger partial charge in [0.1, 0.15) is 5.15 Å². The summed E-state index contributed by atoms with van der Waals surface area (Å²) in [5, 5.41) is 4.33. The van der Waals surface area contributed by atoms with E-state index in [0.29, 0.717) is 23.2 Å². The molecule has 20 heavy (non-hydrogen) atoms. The number of halogens is 1. The zero-order chi connectivity index (χ0) is 13.5. The third-order valence-corrected chi connectivity index (χ3v) is 4.99. The average Bonchev–Trinajstić information content (AvgIpc) is 3.10. The van der Waals surface area contributed by atoms with Crippen LogP contribution in [-0.4, -0.2) is 17.1 Å². The summed E-state index contributed by atoms with van der Waals surface area (Å²) in [5.41, 5.74) is 3.65. The SMILES string of the molecule is Clc1nccc(C2CC3CCC2N3)c1-c1ccccc1. The van der Waals surface area contributed by atoms with Crippen molar-refractivity contribution in [2.75, 3.05) is 0 Å². The first kappa shape index (κ1) is 12.4. The third kappa shape index (κ3) is 1.95. The monoisotopic (exact) mass is 284 g/mol. The van der Waals surface area contributed by atoms with Crippen LogP contribution in [0, 0.1) is 0 Å². The van der Waals surface area contributed by atoms with Crippen molar-refractivity contribution in [1.29, 1.82) is 0 Å². The molecule has 2 nitrogen and oxygen atoms in total. The van der Waals surface area contributed by atoms with Crippen LogP contribution in [0.1, 0.15) is 30.7 Å². The Morgan fingerprint density at radius 2 is 1.95 bits per heavy atom. The first-order valence-corrected chi connectivity index (χ1v) is 7.66. The highest BCUT2D eigenvalue weighted by molar-refractivity contribution is 6.32. The number of nitrogens with one attached hydrogen (secondary N) is 1. The van der Waals surface area contributed by atoms with E-state index in [1.165, 1.54) is 30.4 Å². The van der Waals surface area contributed by atoms with Crippen LogP contribution in [0.3, 0.4) is 0 Å². The minimum atomic E-state index is 0.574. The number of fused-ring (bicyclic) bond motifs is 2. The maximum Gasteiger partial charge on any atom is 0.137 e. The number of benzene rings is 1. The summed E-state index contributed by atoms with van der Waals surface area (Å²) in [6, 6.07) is 13.8. The molecule has 3 atom stereocenters. The molecule has 0 radical (unpaired) electrons. The summed E-state index contributed by atoms with van der Waals surface area (Å²) in [5.74, 6) is 0.574. The van der Waals surface area contributed by atoms with Crippen LogP contribution in [0.2, 0.25) is 5.15 Å². The molecule has 2 aliphatic rings. The van der Waals surface area contributed by atoms with Gasteiger partial charge in [0, 0.05) is 29.8 Å². The van der Waals surface area contributed by atoms with Gasteiger partial charge < -0.3 is 5.32 Å². The van der Waals surface area contributed by atoms with E-state index in [1.807, 2.05) is 12.3 Å². The topological polar surface area (TPSA) is 24.9 Å². The predicted octanol–water partition coefficient (Wildman–Crippen LogP) is 4.01. The standard InChI is InChI=1S/C17H17ClN2/c18-17-16(11-4-2-1-3-5-11)13(8-9-19-17)14-10-12-6-7-15(14)20-12/h1-5,8-9,12,14-15,20H,6-7,10H2. The highest BCUT2D eigenvalue weighted by Crippen LogP contribution is 2.44. The lowest BCUT2D eigenvalue weighted by atomic mass is 9.81. The highest BCUT2D eigenvalue weighted by atomic mass is 35.5. The van der Waals surface area contributed by atoms with E-state index in [2.05, 4.69) is 40.6 Å². The quantitative estimate of drug-likeness (QED) is 0.843. The summed E-state index contributed by atoms with van der Waals surface area (Å²) >= 11 is 6.41. The summed E-state index contributed by atoms with van der Waals surface area (Å²) in [7, 11) is 0. The van der Waals surface area contributed by atoms with E-state index >= 15 is 0 Å². The van der Waals surface area contributed by atoms with Crippen molar-refractivity contribution in [3.8, 4) is 11.1 Å². The highest BCUT2D eigenvalue weighted by Gasteiger charge is 2.40. The van der Waals surface area contributed by atoms with Crippen LogP contribution in [0.4, 0.5) is 0 Å². The predicted molar refractivity (Wildman–Crippen MR) is 82.0 cm³/mol. The van der Waals surface area contributed by atoms with Gasteiger partial charge in [0.05, 0.1) is 0 Å². The van der Waals surface area contributed by atoms with Gasteiger partial charge in [-0.2, -0.15) is 0 Å². The summed E-state index contributed by atoms with van der Waals surface area (Å²) in [6.07, 6.45) is 5.67. The van der Waals surface area contributed by atoms with E-state index in [-0.39, 0.29) is 0 Å². The van der Waals surface area contributed by atoms with Gasteiger partial charge in [0.25, 0.3) is 0 Å². The van der Waals surface area contributed by atoms with Gasteiger partial charge in [-0.15, -0.1) is 0 Å². The van der Waals surface area contributed by atoms with Crippen LogP contribution >= 0.6 is 11.6 Å². The van der Waals surface area contributed by atoms with E-state index in [1.54, 1.807) is 0 Å². The normalized spacial score (nSPS) is 27.9. The van der Waals surface area contributed by atoms with Crippen molar-refractivity contribution in [2.24, 2.45) is 0 Å². The Kier molecular flexibility index (Phi) is 3.01. The molecule has 2 saturated heterocycles. The van der Waals surface area contributed by atoms with Gasteiger partial charge in [-0.25, -0.2) is 4.98 Å². The average molecular weight is 285 g/mol. The Morgan fingerprint density at radius 1 is 1.10 bits per heavy atom. The molecule has 0 amide bonds. The fraction of sp³-hybridized carbons (Fsp3) is 0.353. The van der Waals surface area contributed by atoms with Crippen molar-refractivity contribution < 1.29 is 0 Å². The molecule has 3 heterocycles. The van der Waals surface area contributed by atoms with Crippen LogP contribution in [0.5, 0.6) is 0 Å². The Bertz CT molecular complexity index is 626. The van der Waals surface area contributed by atoms with Crippen LogP contribution in [0.25, 0.3) is 11.1 Å². The molecule has 3 heteroatoms. The fourth-order valence-electron chi connectivity index (χ4n) is 3.82. The second-order valence-electron chi connectivity index (χ2n) is 5.82. The Balaban J connectivity index is 1.82. The number of hydrogen-bond acceptors (Lipinski definition) is 2. The largest absolute Gasteiger partial charge is 0.311 e. The minimum Gasteiger partial charge on any atom is -0.311 e. The van der Waals surface area contributed by atoms with Gasteiger partial charge in [0.2, 0.25) is 0 Å². The van der Waals surface area contributed by atoms with E-state index < -0.39 is 0 Å². The van der Waals surface area contributed by atoms with Gasteiger partial charge in [-0.3, -0.25) is 0 Å². The van der Waals surface area contributed by atoms with Crippen LogP contribution < -0.4 is 5.32 Å². The lowest BCUT2D eigenvalue weighted by molar-refractivity contribution is 0.507. The van der Waals surface area contributed by atoms with Crippen LogP contribution in [0.15, 0.2) is 42.6 Å². The molecule has 102 valence electrons. The minimum absolute atomic E-state index is 0.574. The molecule has 2 bridgehead atoms. The van der Waals surface area contributed by atoms with Crippen molar-refractivity contribution >= 4 is 11.6 Å².